The molecule has 1 heterocycles. The van der Waals surface area contributed by atoms with Crippen molar-refractivity contribution in [2.45, 2.75) is 31.6 Å². The maximum absolute atomic E-state index is 11.3. The van der Waals surface area contributed by atoms with E-state index in [0.29, 0.717) is 30.3 Å². The SMILES string of the molecule is Cn1cc(C2CCC(=O)CC2)c2cc(O)ccc21. The van der Waals surface area contributed by atoms with E-state index in [0.717, 1.165) is 23.7 Å². The van der Waals surface area contributed by atoms with Crippen molar-refractivity contribution in [3.8, 4) is 5.75 Å². The number of benzene rings is 1. The number of carbonyl (C=O) groups is 1. The molecule has 0 spiro atoms. The first-order chi connectivity index (χ1) is 8.65. The molecule has 1 aromatic carbocycles. The molecule has 3 heteroatoms. The van der Waals surface area contributed by atoms with Crippen LogP contribution in [0.15, 0.2) is 24.4 Å². The summed E-state index contributed by atoms with van der Waals surface area (Å²) in [5.74, 6) is 1.14. The Labute approximate surface area is 106 Å². The zero-order valence-electron chi connectivity index (χ0n) is 10.5. The fourth-order valence-corrected chi connectivity index (χ4v) is 2.99. The molecule has 3 rings (SSSR count). The lowest BCUT2D eigenvalue weighted by Crippen LogP contribution is -2.12. The van der Waals surface area contributed by atoms with Gasteiger partial charge < -0.3 is 9.67 Å². The molecule has 0 bridgehead atoms. The number of aromatic nitrogens is 1. The molecule has 18 heavy (non-hydrogen) atoms. The molecular weight excluding hydrogens is 226 g/mol. The number of fused-ring (bicyclic) bond motifs is 1. The summed E-state index contributed by atoms with van der Waals surface area (Å²) < 4.78 is 2.10. The van der Waals surface area contributed by atoms with Crippen molar-refractivity contribution < 1.29 is 9.90 Å². The van der Waals surface area contributed by atoms with Gasteiger partial charge in [0.2, 0.25) is 0 Å². The van der Waals surface area contributed by atoms with Crippen molar-refractivity contribution in [3.05, 3.63) is 30.0 Å². The van der Waals surface area contributed by atoms with Crippen LogP contribution in [0.2, 0.25) is 0 Å². The first-order valence-corrected chi connectivity index (χ1v) is 6.45. The van der Waals surface area contributed by atoms with Gasteiger partial charge in [-0.1, -0.05) is 0 Å². The molecule has 3 nitrogen and oxygen atoms in total. The van der Waals surface area contributed by atoms with Gasteiger partial charge in [-0.15, -0.1) is 0 Å². The van der Waals surface area contributed by atoms with Crippen molar-refractivity contribution in [2.75, 3.05) is 0 Å². The van der Waals surface area contributed by atoms with Crippen LogP contribution in [0.1, 0.15) is 37.2 Å². The standard InChI is InChI=1S/C15H17NO2/c1-16-9-14(10-2-4-11(17)5-3-10)13-8-12(18)6-7-15(13)16/h6-10,18H,2-5H2,1H3. The van der Waals surface area contributed by atoms with Crippen LogP contribution in [0.25, 0.3) is 10.9 Å². The summed E-state index contributed by atoms with van der Waals surface area (Å²) in [6.07, 6.45) is 5.41. The van der Waals surface area contributed by atoms with E-state index in [1.54, 1.807) is 6.07 Å². The first kappa shape index (κ1) is 11.3. The molecule has 1 N–H and O–H groups in total. The normalized spacial score (nSPS) is 17.5. The number of carbonyl (C=O) groups excluding carboxylic acids is 1. The third-order valence-electron chi connectivity index (χ3n) is 3.99. The molecule has 1 aliphatic rings. The van der Waals surface area contributed by atoms with E-state index in [2.05, 4.69) is 10.8 Å². The maximum atomic E-state index is 11.3. The lowest BCUT2D eigenvalue weighted by atomic mass is 9.83. The zero-order chi connectivity index (χ0) is 12.7. The van der Waals surface area contributed by atoms with Crippen molar-refractivity contribution in [3.63, 3.8) is 0 Å². The van der Waals surface area contributed by atoms with Gasteiger partial charge in [0.15, 0.2) is 0 Å². The van der Waals surface area contributed by atoms with Gasteiger partial charge in [0.05, 0.1) is 0 Å². The van der Waals surface area contributed by atoms with Crippen molar-refractivity contribution >= 4 is 16.7 Å². The third-order valence-corrected chi connectivity index (χ3v) is 3.99. The minimum atomic E-state index is 0.307. The minimum Gasteiger partial charge on any atom is -0.508 e. The number of hydrogen-bond donors (Lipinski definition) is 1. The van der Waals surface area contributed by atoms with E-state index < -0.39 is 0 Å². The Kier molecular flexibility index (Phi) is 2.62. The topological polar surface area (TPSA) is 42.2 Å². The van der Waals surface area contributed by atoms with Crippen LogP contribution in [0, 0.1) is 0 Å². The number of nitrogens with zero attached hydrogens (tertiary/aromatic N) is 1. The Bertz CT molecular complexity index is 602. The van der Waals surface area contributed by atoms with E-state index in [4.69, 9.17) is 0 Å². The fourth-order valence-electron chi connectivity index (χ4n) is 2.99. The number of ketones is 1. The molecule has 0 aliphatic heterocycles. The third kappa shape index (κ3) is 1.80. The number of Topliss-reactive ketones (excluding diaryl/α,β-unsaturated/α-hetero) is 1. The number of aromatic hydroxyl groups is 1. The van der Waals surface area contributed by atoms with Crippen molar-refractivity contribution in [1.29, 1.82) is 0 Å². The van der Waals surface area contributed by atoms with E-state index in [9.17, 15) is 9.90 Å². The molecule has 0 unspecified atom stereocenters. The maximum Gasteiger partial charge on any atom is 0.132 e. The van der Waals surface area contributed by atoms with Crippen LogP contribution < -0.4 is 0 Å². The summed E-state index contributed by atoms with van der Waals surface area (Å²) in [5, 5.41) is 10.8. The molecule has 94 valence electrons. The molecule has 1 fully saturated rings. The molecule has 2 aromatic rings. The summed E-state index contributed by atoms with van der Waals surface area (Å²) in [5.41, 5.74) is 2.41. The van der Waals surface area contributed by atoms with Gasteiger partial charge in [-0.05, 0) is 42.5 Å². The Balaban J connectivity index is 2.06. The van der Waals surface area contributed by atoms with Crippen LogP contribution in [-0.2, 0) is 11.8 Å². The Morgan fingerprint density at radius 3 is 2.72 bits per heavy atom. The minimum absolute atomic E-state index is 0.307. The first-order valence-electron chi connectivity index (χ1n) is 6.45. The fraction of sp³-hybridized carbons (Fsp3) is 0.400. The summed E-state index contributed by atoms with van der Waals surface area (Å²) in [6.45, 7) is 0. The highest BCUT2D eigenvalue weighted by molar-refractivity contribution is 5.86. The molecule has 1 aliphatic carbocycles. The second-order valence-corrected chi connectivity index (χ2v) is 5.21. The Hall–Kier alpha value is -1.77. The summed E-state index contributed by atoms with van der Waals surface area (Å²) in [7, 11) is 2.02. The number of phenols is 1. The number of aryl methyl sites for hydroxylation is 1. The van der Waals surface area contributed by atoms with Gasteiger partial charge >= 0.3 is 0 Å². The van der Waals surface area contributed by atoms with E-state index in [1.165, 1.54) is 5.56 Å². The van der Waals surface area contributed by atoms with Crippen molar-refractivity contribution in [1.82, 2.24) is 4.57 Å². The predicted octanol–water partition coefficient (Wildman–Crippen LogP) is 3.11. The van der Waals surface area contributed by atoms with Gasteiger partial charge in [0.25, 0.3) is 0 Å². The highest BCUT2D eigenvalue weighted by atomic mass is 16.3. The summed E-state index contributed by atoms with van der Waals surface area (Å²) in [4.78, 5) is 11.3. The molecule has 0 atom stereocenters. The molecule has 1 aromatic heterocycles. The molecule has 0 radical (unpaired) electrons. The van der Waals surface area contributed by atoms with Crippen LogP contribution in [0.5, 0.6) is 5.75 Å². The van der Waals surface area contributed by atoms with Gasteiger partial charge in [-0.25, -0.2) is 0 Å². The van der Waals surface area contributed by atoms with Crippen LogP contribution in [0.4, 0.5) is 0 Å². The summed E-state index contributed by atoms with van der Waals surface area (Å²) >= 11 is 0. The van der Waals surface area contributed by atoms with E-state index in [-0.39, 0.29) is 0 Å². The van der Waals surface area contributed by atoms with Gasteiger partial charge in [0.1, 0.15) is 11.5 Å². The predicted molar refractivity (Wildman–Crippen MR) is 70.8 cm³/mol. The second kappa shape index (κ2) is 4.16. The van der Waals surface area contributed by atoms with E-state index in [1.807, 2.05) is 19.2 Å². The average Bonchev–Trinajstić information content (AvgIpc) is 2.67. The van der Waals surface area contributed by atoms with Gasteiger partial charge in [-0.3, -0.25) is 4.79 Å². The number of rotatable bonds is 1. The van der Waals surface area contributed by atoms with Crippen LogP contribution >= 0.6 is 0 Å². The monoisotopic (exact) mass is 243 g/mol. The highest BCUT2D eigenvalue weighted by Gasteiger charge is 2.23. The van der Waals surface area contributed by atoms with Gasteiger partial charge in [-0.2, -0.15) is 0 Å². The smallest absolute Gasteiger partial charge is 0.132 e. The van der Waals surface area contributed by atoms with Crippen LogP contribution in [0.3, 0.4) is 0 Å². The summed E-state index contributed by atoms with van der Waals surface area (Å²) in [6, 6.07) is 5.50. The molecule has 1 saturated carbocycles. The quantitative estimate of drug-likeness (QED) is 0.836. The van der Waals surface area contributed by atoms with Gasteiger partial charge in [0, 0.05) is 37.0 Å². The lowest BCUT2D eigenvalue weighted by Gasteiger charge is -2.20. The second-order valence-electron chi connectivity index (χ2n) is 5.21. The number of hydrogen-bond acceptors (Lipinski definition) is 2. The molecule has 0 saturated heterocycles. The Morgan fingerprint density at radius 1 is 1.28 bits per heavy atom. The Morgan fingerprint density at radius 2 is 2.00 bits per heavy atom. The lowest BCUT2D eigenvalue weighted by molar-refractivity contribution is -0.120. The number of phenolic OH excluding ortho intramolecular Hbond substituents is 1. The molecular formula is C15H17NO2. The average molecular weight is 243 g/mol. The highest BCUT2D eigenvalue weighted by Crippen LogP contribution is 2.37. The largest absolute Gasteiger partial charge is 0.508 e. The van der Waals surface area contributed by atoms with Crippen molar-refractivity contribution in [2.24, 2.45) is 7.05 Å². The molecule has 0 amide bonds. The van der Waals surface area contributed by atoms with E-state index >= 15 is 0 Å². The zero-order valence-corrected chi connectivity index (χ0v) is 10.5. The van der Waals surface area contributed by atoms with Crippen LogP contribution in [-0.4, -0.2) is 15.5 Å².